The Morgan fingerprint density at radius 1 is 1.31 bits per heavy atom. The van der Waals surface area contributed by atoms with Crippen molar-refractivity contribution in [3.8, 4) is 17.9 Å². The standard InChI is InChI=1S/C11H10N2/c1-2-3-8-13-11-6-4-10(9-12)5-7-11/h4-7,13H,8H2,1H3. The van der Waals surface area contributed by atoms with Crippen LogP contribution >= 0.6 is 0 Å². The van der Waals surface area contributed by atoms with Gasteiger partial charge in [-0.05, 0) is 31.2 Å². The van der Waals surface area contributed by atoms with E-state index in [2.05, 4.69) is 23.2 Å². The van der Waals surface area contributed by atoms with E-state index in [9.17, 15) is 0 Å². The maximum atomic E-state index is 8.55. The van der Waals surface area contributed by atoms with Crippen LogP contribution in [0.5, 0.6) is 0 Å². The van der Waals surface area contributed by atoms with E-state index >= 15 is 0 Å². The SMILES string of the molecule is CC#CCNc1ccc(C#N)cc1. The number of benzene rings is 1. The fourth-order valence-electron chi connectivity index (χ4n) is 0.897. The highest BCUT2D eigenvalue weighted by Gasteiger charge is 1.90. The molecule has 1 aromatic carbocycles. The second kappa shape index (κ2) is 4.85. The lowest BCUT2D eigenvalue weighted by molar-refractivity contribution is 1.37. The minimum atomic E-state index is 0.641. The maximum Gasteiger partial charge on any atom is 0.0991 e. The monoisotopic (exact) mass is 170 g/mol. The van der Waals surface area contributed by atoms with Crippen molar-refractivity contribution < 1.29 is 0 Å². The molecule has 1 rings (SSSR count). The molecule has 0 aliphatic rings. The average molecular weight is 170 g/mol. The second-order valence-electron chi connectivity index (χ2n) is 2.47. The first kappa shape index (κ1) is 9.16. The third-order valence-corrected chi connectivity index (χ3v) is 1.57. The van der Waals surface area contributed by atoms with Gasteiger partial charge in [-0.1, -0.05) is 5.92 Å². The van der Waals surface area contributed by atoms with E-state index in [1.807, 2.05) is 12.1 Å². The second-order valence-corrected chi connectivity index (χ2v) is 2.47. The van der Waals surface area contributed by atoms with Gasteiger partial charge in [0, 0.05) is 5.69 Å². The van der Waals surface area contributed by atoms with Gasteiger partial charge in [-0.15, -0.1) is 5.92 Å². The van der Waals surface area contributed by atoms with Gasteiger partial charge in [0.15, 0.2) is 0 Å². The summed E-state index contributed by atoms with van der Waals surface area (Å²) in [7, 11) is 0. The lowest BCUT2D eigenvalue weighted by Crippen LogP contribution is -1.97. The first-order valence-corrected chi connectivity index (χ1v) is 4.00. The molecule has 0 saturated carbocycles. The molecule has 0 aliphatic heterocycles. The Hall–Kier alpha value is -1.93. The third kappa shape index (κ3) is 2.89. The molecule has 0 radical (unpaired) electrons. The highest BCUT2D eigenvalue weighted by molar-refractivity contribution is 5.47. The molecular weight excluding hydrogens is 160 g/mol. The lowest BCUT2D eigenvalue weighted by atomic mass is 10.2. The first-order chi connectivity index (χ1) is 6.36. The van der Waals surface area contributed by atoms with Crippen molar-refractivity contribution in [1.29, 1.82) is 5.26 Å². The molecule has 2 heteroatoms. The van der Waals surface area contributed by atoms with E-state index in [0.717, 1.165) is 5.69 Å². The van der Waals surface area contributed by atoms with Gasteiger partial charge in [0.25, 0.3) is 0 Å². The van der Waals surface area contributed by atoms with E-state index in [0.29, 0.717) is 12.1 Å². The predicted molar refractivity (Wildman–Crippen MR) is 53.1 cm³/mol. The van der Waals surface area contributed by atoms with Gasteiger partial charge in [-0.3, -0.25) is 0 Å². The van der Waals surface area contributed by atoms with Crippen molar-refractivity contribution in [2.75, 3.05) is 11.9 Å². The normalized spacial score (nSPS) is 8.00. The number of nitriles is 1. The Morgan fingerprint density at radius 2 is 2.00 bits per heavy atom. The van der Waals surface area contributed by atoms with E-state index < -0.39 is 0 Å². The first-order valence-electron chi connectivity index (χ1n) is 4.00. The molecule has 0 amide bonds. The summed E-state index contributed by atoms with van der Waals surface area (Å²) < 4.78 is 0. The zero-order chi connectivity index (χ0) is 9.52. The average Bonchev–Trinajstić information content (AvgIpc) is 2.19. The molecule has 0 aliphatic carbocycles. The zero-order valence-corrected chi connectivity index (χ0v) is 7.46. The van der Waals surface area contributed by atoms with Crippen LogP contribution in [0, 0.1) is 23.2 Å². The minimum absolute atomic E-state index is 0.641. The Balaban J connectivity index is 2.58. The largest absolute Gasteiger partial charge is 0.374 e. The van der Waals surface area contributed by atoms with Gasteiger partial charge in [0.05, 0.1) is 18.2 Å². The van der Waals surface area contributed by atoms with Crippen LogP contribution < -0.4 is 5.32 Å². The van der Waals surface area contributed by atoms with Gasteiger partial charge in [0.1, 0.15) is 0 Å². The summed E-state index contributed by atoms with van der Waals surface area (Å²) in [6, 6.07) is 9.37. The van der Waals surface area contributed by atoms with Crippen LogP contribution in [-0.4, -0.2) is 6.54 Å². The van der Waals surface area contributed by atoms with Gasteiger partial charge in [-0.2, -0.15) is 5.26 Å². The molecular formula is C11H10N2. The highest BCUT2D eigenvalue weighted by Crippen LogP contribution is 2.07. The summed E-state index contributed by atoms with van der Waals surface area (Å²) in [6.07, 6.45) is 0. The smallest absolute Gasteiger partial charge is 0.0991 e. The minimum Gasteiger partial charge on any atom is -0.374 e. The molecule has 1 N–H and O–H groups in total. The Morgan fingerprint density at radius 3 is 2.54 bits per heavy atom. The predicted octanol–water partition coefficient (Wildman–Crippen LogP) is 1.99. The molecule has 1 aromatic rings. The van der Waals surface area contributed by atoms with Crippen LogP contribution in [0.4, 0.5) is 5.69 Å². The number of nitrogens with zero attached hydrogens (tertiary/aromatic N) is 1. The molecule has 2 nitrogen and oxygen atoms in total. The highest BCUT2D eigenvalue weighted by atomic mass is 14.8. The fraction of sp³-hybridized carbons (Fsp3) is 0.182. The molecule has 0 spiro atoms. The van der Waals surface area contributed by atoms with Crippen LogP contribution in [0.1, 0.15) is 12.5 Å². The Bertz CT molecular complexity index is 360. The summed E-state index contributed by atoms with van der Waals surface area (Å²) in [6.45, 7) is 2.45. The molecule has 13 heavy (non-hydrogen) atoms. The molecule has 0 saturated heterocycles. The number of hydrogen-bond donors (Lipinski definition) is 1. The van der Waals surface area contributed by atoms with Crippen LogP contribution in [0.25, 0.3) is 0 Å². The van der Waals surface area contributed by atoms with Crippen molar-refractivity contribution in [1.82, 2.24) is 0 Å². The van der Waals surface area contributed by atoms with E-state index in [-0.39, 0.29) is 0 Å². The quantitative estimate of drug-likeness (QED) is 0.689. The Labute approximate surface area is 78.2 Å². The third-order valence-electron chi connectivity index (χ3n) is 1.57. The summed E-state index contributed by atoms with van der Waals surface area (Å²) in [5, 5.41) is 11.7. The number of anilines is 1. The van der Waals surface area contributed by atoms with Crippen LogP contribution in [0.3, 0.4) is 0 Å². The molecule has 0 heterocycles. The Kier molecular flexibility index (Phi) is 3.42. The summed E-state index contributed by atoms with van der Waals surface area (Å²) >= 11 is 0. The summed E-state index contributed by atoms with van der Waals surface area (Å²) in [5.41, 5.74) is 1.66. The molecule has 0 unspecified atom stereocenters. The summed E-state index contributed by atoms with van der Waals surface area (Å²) in [4.78, 5) is 0. The van der Waals surface area contributed by atoms with Crippen molar-refractivity contribution in [2.45, 2.75) is 6.92 Å². The molecule has 64 valence electrons. The molecule has 0 bridgehead atoms. The van der Waals surface area contributed by atoms with Crippen molar-refractivity contribution in [3.63, 3.8) is 0 Å². The van der Waals surface area contributed by atoms with Crippen molar-refractivity contribution in [2.24, 2.45) is 0 Å². The molecule has 0 aromatic heterocycles. The van der Waals surface area contributed by atoms with Crippen molar-refractivity contribution in [3.05, 3.63) is 29.8 Å². The summed E-state index contributed by atoms with van der Waals surface area (Å²) in [5.74, 6) is 5.69. The zero-order valence-electron chi connectivity index (χ0n) is 7.46. The van der Waals surface area contributed by atoms with E-state index in [1.54, 1.807) is 19.1 Å². The van der Waals surface area contributed by atoms with Crippen LogP contribution in [0.15, 0.2) is 24.3 Å². The van der Waals surface area contributed by atoms with E-state index in [1.165, 1.54) is 0 Å². The maximum absolute atomic E-state index is 8.55. The molecule has 0 atom stereocenters. The van der Waals surface area contributed by atoms with Gasteiger partial charge < -0.3 is 5.32 Å². The van der Waals surface area contributed by atoms with Gasteiger partial charge in [0.2, 0.25) is 0 Å². The number of nitrogens with one attached hydrogen (secondary N) is 1. The number of rotatable bonds is 2. The number of hydrogen-bond acceptors (Lipinski definition) is 2. The fourth-order valence-corrected chi connectivity index (χ4v) is 0.897. The lowest BCUT2D eigenvalue weighted by Gasteiger charge is -2.00. The van der Waals surface area contributed by atoms with Crippen LogP contribution in [-0.2, 0) is 0 Å². The van der Waals surface area contributed by atoms with Crippen molar-refractivity contribution >= 4 is 5.69 Å². The topological polar surface area (TPSA) is 35.8 Å². The van der Waals surface area contributed by atoms with Crippen LogP contribution in [0.2, 0.25) is 0 Å². The van der Waals surface area contributed by atoms with E-state index in [4.69, 9.17) is 5.26 Å². The van der Waals surface area contributed by atoms with Gasteiger partial charge >= 0.3 is 0 Å². The van der Waals surface area contributed by atoms with Gasteiger partial charge in [-0.25, -0.2) is 0 Å². The molecule has 0 fully saturated rings.